The molecule has 4 heterocycles. The topological polar surface area (TPSA) is 71.1 Å². The van der Waals surface area contributed by atoms with E-state index in [9.17, 15) is 4.79 Å². The molecule has 2 aromatic heterocycles. The van der Waals surface area contributed by atoms with Crippen molar-refractivity contribution in [2.45, 2.75) is 29.2 Å². The van der Waals surface area contributed by atoms with Crippen molar-refractivity contribution >= 4 is 40.8 Å². The second kappa shape index (κ2) is 7.38. The molecular weight excluding hydrogens is 395 g/mol. The third kappa shape index (κ3) is 3.58. The molecule has 2 aliphatic rings. The molecule has 2 aliphatic heterocycles. The van der Waals surface area contributed by atoms with Crippen molar-refractivity contribution < 1.29 is 4.74 Å². The van der Waals surface area contributed by atoms with E-state index in [-0.39, 0.29) is 10.7 Å². The number of nitrogens with one attached hydrogen (secondary N) is 1. The van der Waals surface area contributed by atoms with Crippen molar-refractivity contribution in [3.63, 3.8) is 0 Å². The fourth-order valence-corrected chi connectivity index (χ4v) is 4.73. The average Bonchev–Trinajstić information content (AvgIpc) is 3.08. The first-order valence-corrected chi connectivity index (χ1v) is 10.0. The van der Waals surface area contributed by atoms with Gasteiger partial charge in [-0.3, -0.25) is 4.79 Å². The van der Waals surface area contributed by atoms with Gasteiger partial charge in [-0.1, -0.05) is 35.0 Å². The number of piperidine rings is 1. The zero-order chi connectivity index (χ0) is 18.1. The van der Waals surface area contributed by atoms with Gasteiger partial charge in [-0.15, -0.1) is 0 Å². The van der Waals surface area contributed by atoms with Crippen LogP contribution in [0.4, 0.5) is 5.82 Å². The molecule has 2 aromatic rings. The van der Waals surface area contributed by atoms with Crippen LogP contribution in [0.5, 0.6) is 0 Å². The van der Waals surface area contributed by atoms with E-state index in [2.05, 4.69) is 19.9 Å². The molecule has 138 valence electrons. The molecule has 0 amide bonds. The molecule has 2 fully saturated rings. The lowest BCUT2D eigenvalue weighted by atomic mass is 9.78. The molecule has 26 heavy (non-hydrogen) atoms. The van der Waals surface area contributed by atoms with Gasteiger partial charge in [0.25, 0.3) is 5.56 Å². The molecule has 2 saturated heterocycles. The molecule has 0 aromatic carbocycles. The van der Waals surface area contributed by atoms with Crippen molar-refractivity contribution in [1.82, 2.24) is 15.0 Å². The van der Waals surface area contributed by atoms with Gasteiger partial charge in [0.15, 0.2) is 5.82 Å². The maximum absolute atomic E-state index is 12.5. The van der Waals surface area contributed by atoms with E-state index < -0.39 is 0 Å². The van der Waals surface area contributed by atoms with Crippen LogP contribution >= 0.6 is 35.0 Å². The van der Waals surface area contributed by atoms with Crippen LogP contribution in [0, 0.1) is 5.41 Å². The Bertz CT molecular complexity index is 860. The zero-order valence-corrected chi connectivity index (χ0v) is 16.3. The molecular formula is C17H18Cl2N4O2S. The molecule has 0 bridgehead atoms. The Balaban J connectivity index is 1.48. The second-order valence-corrected chi connectivity index (χ2v) is 8.53. The van der Waals surface area contributed by atoms with Crippen molar-refractivity contribution in [2.75, 3.05) is 31.2 Å². The molecule has 0 unspecified atom stereocenters. The Morgan fingerprint density at radius 2 is 2.04 bits per heavy atom. The smallest absolute Gasteiger partial charge is 0.291 e. The summed E-state index contributed by atoms with van der Waals surface area (Å²) in [5.41, 5.74) is 0.112. The Kier molecular flexibility index (Phi) is 5.14. The first-order chi connectivity index (χ1) is 12.6. The molecule has 0 atom stereocenters. The highest BCUT2D eigenvalue weighted by Gasteiger charge is 2.38. The monoisotopic (exact) mass is 412 g/mol. The fourth-order valence-electron chi connectivity index (χ4n) is 3.49. The molecule has 4 rings (SSSR count). The van der Waals surface area contributed by atoms with Crippen LogP contribution in [0.3, 0.4) is 0 Å². The number of nitrogens with zero attached hydrogens (tertiary/aromatic N) is 3. The van der Waals surface area contributed by atoms with E-state index in [0.717, 1.165) is 50.5 Å². The summed E-state index contributed by atoms with van der Waals surface area (Å²) in [7, 11) is 0. The van der Waals surface area contributed by atoms with E-state index >= 15 is 0 Å². The lowest BCUT2D eigenvalue weighted by molar-refractivity contribution is 0.133. The van der Waals surface area contributed by atoms with Crippen molar-refractivity contribution in [3.8, 4) is 0 Å². The molecule has 6 nitrogen and oxygen atoms in total. The molecule has 0 radical (unpaired) electrons. The van der Waals surface area contributed by atoms with Crippen LogP contribution in [0.2, 0.25) is 10.2 Å². The van der Waals surface area contributed by atoms with Crippen LogP contribution in [0.1, 0.15) is 19.3 Å². The highest BCUT2D eigenvalue weighted by molar-refractivity contribution is 7.99. The van der Waals surface area contributed by atoms with Crippen molar-refractivity contribution in [1.29, 1.82) is 0 Å². The lowest BCUT2D eigenvalue weighted by Gasteiger charge is -2.38. The highest BCUT2D eigenvalue weighted by atomic mass is 35.5. The summed E-state index contributed by atoms with van der Waals surface area (Å²) in [6.07, 6.45) is 6.43. The first kappa shape index (κ1) is 18.1. The van der Waals surface area contributed by atoms with Crippen LogP contribution in [-0.4, -0.2) is 41.3 Å². The number of ether oxygens (including phenoxy) is 1. The van der Waals surface area contributed by atoms with E-state index in [1.807, 2.05) is 0 Å². The van der Waals surface area contributed by atoms with Gasteiger partial charge in [0, 0.05) is 30.8 Å². The van der Waals surface area contributed by atoms with Gasteiger partial charge < -0.3 is 14.6 Å². The number of aromatic nitrogens is 3. The Hall–Kier alpha value is -1.28. The summed E-state index contributed by atoms with van der Waals surface area (Å²) in [6, 6.07) is 1.75. The summed E-state index contributed by atoms with van der Waals surface area (Å²) in [6.45, 7) is 3.36. The lowest BCUT2D eigenvalue weighted by Crippen LogP contribution is -2.42. The Morgan fingerprint density at radius 1 is 1.23 bits per heavy atom. The average molecular weight is 413 g/mol. The molecule has 9 heteroatoms. The molecule has 0 saturated carbocycles. The van der Waals surface area contributed by atoms with Crippen LogP contribution in [-0.2, 0) is 4.74 Å². The maximum atomic E-state index is 12.5. The fraction of sp³-hybridized carbons (Fsp3) is 0.471. The van der Waals surface area contributed by atoms with Gasteiger partial charge >= 0.3 is 0 Å². The number of H-pyrrole nitrogens is 1. The quantitative estimate of drug-likeness (QED) is 0.775. The Labute approximate surface area is 165 Å². The van der Waals surface area contributed by atoms with E-state index in [4.69, 9.17) is 27.9 Å². The van der Waals surface area contributed by atoms with Crippen LogP contribution in [0.15, 0.2) is 33.2 Å². The highest BCUT2D eigenvalue weighted by Crippen LogP contribution is 2.39. The minimum absolute atomic E-state index is 0.190. The van der Waals surface area contributed by atoms with Gasteiger partial charge in [-0.05, 0) is 30.7 Å². The number of anilines is 1. The summed E-state index contributed by atoms with van der Waals surface area (Å²) in [5, 5.41) is 1.21. The number of hydrogen-bond acceptors (Lipinski definition) is 6. The largest absolute Gasteiger partial charge is 0.381 e. The van der Waals surface area contributed by atoms with Gasteiger partial charge in [0.2, 0.25) is 0 Å². The number of halogens is 2. The predicted octanol–water partition coefficient (Wildman–Crippen LogP) is 3.63. The minimum Gasteiger partial charge on any atom is -0.381 e. The van der Waals surface area contributed by atoms with E-state index in [1.54, 1.807) is 18.5 Å². The van der Waals surface area contributed by atoms with Crippen molar-refractivity contribution in [3.05, 3.63) is 39.0 Å². The third-order valence-electron chi connectivity index (χ3n) is 5.08. The van der Waals surface area contributed by atoms with E-state index in [0.29, 0.717) is 21.3 Å². The number of hydrogen-bond donors (Lipinski definition) is 1. The molecule has 1 N–H and O–H groups in total. The molecule has 1 spiro atoms. The van der Waals surface area contributed by atoms with Crippen LogP contribution < -0.4 is 10.5 Å². The van der Waals surface area contributed by atoms with Gasteiger partial charge in [0.05, 0.1) is 22.9 Å². The van der Waals surface area contributed by atoms with Gasteiger partial charge in [-0.25, -0.2) is 9.97 Å². The standard InChI is InChI=1S/C17H18Cl2N4O2S/c18-13-11(1-5-20-14(13)19)26-12-9-21-15(16(24)22-12)23-6-2-17(3-7-23)4-8-25-10-17/h1,5,9H,2-4,6-8,10H2,(H,22,24). The number of pyridine rings is 1. The normalized spacial score (nSPS) is 19.2. The summed E-state index contributed by atoms with van der Waals surface area (Å²) in [4.78, 5) is 26.5. The maximum Gasteiger partial charge on any atom is 0.291 e. The predicted molar refractivity (Wildman–Crippen MR) is 103 cm³/mol. The SMILES string of the molecule is O=c1[nH]c(Sc2ccnc(Cl)c2Cl)cnc1N1CCC2(CCOC2)CC1. The molecule has 0 aliphatic carbocycles. The van der Waals surface area contributed by atoms with Crippen molar-refractivity contribution in [2.24, 2.45) is 5.41 Å². The summed E-state index contributed by atoms with van der Waals surface area (Å²) < 4.78 is 5.56. The summed E-state index contributed by atoms with van der Waals surface area (Å²) in [5.74, 6) is 0.474. The number of aromatic amines is 1. The second-order valence-electron chi connectivity index (χ2n) is 6.71. The minimum atomic E-state index is -0.190. The number of rotatable bonds is 3. The van der Waals surface area contributed by atoms with E-state index in [1.165, 1.54) is 11.8 Å². The Morgan fingerprint density at radius 3 is 2.73 bits per heavy atom. The zero-order valence-electron chi connectivity index (χ0n) is 14.0. The third-order valence-corrected chi connectivity index (χ3v) is 6.95. The first-order valence-electron chi connectivity index (χ1n) is 8.46. The van der Waals surface area contributed by atoms with Gasteiger partial charge in [0.1, 0.15) is 5.15 Å². The van der Waals surface area contributed by atoms with Gasteiger partial charge in [-0.2, -0.15) is 0 Å². The summed E-state index contributed by atoms with van der Waals surface area (Å²) >= 11 is 13.4. The van der Waals surface area contributed by atoms with Crippen LogP contribution in [0.25, 0.3) is 0 Å².